The van der Waals surface area contributed by atoms with Crippen molar-refractivity contribution in [2.24, 2.45) is 0 Å². The predicted octanol–water partition coefficient (Wildman–Crippen LogP) is 3.32. The van der Waals surface area contributed by atoms with Gasteiger partial charge in [0.2, 0.25) is 0 Å². The SMILES string of the molecule is COc1ccc([C@@H]2CC(=O)c3c(O)cc(OC)cc3C2)cc1. The monoisotopic (exact) mass is 298 g/mol. The smallest absolute Gasteiger partial charge is 0.167 e. The highest BCUT2D eigenvalue weighted by Crippen LogP contribution is 2.39. The zero-order chi connectivity index (χ0) is 15.7. The van der Waals surface area contributed by atoms with Crippen LogP contribution in [0.3, 0.4) is 0 Å². The van der Waals surface area contributed by atoms with Gasteiger partial charge in [-0.1, -0.05) is 12.1 Å². The van der Waals surface area contributed by atoms with Crippen LogP contribution in [0, 0.1) is 0 Å². The van der Waals surface area contributed by atoms with E-state index >= 15 is 0 Å². The number of hydrogen-bond acceptors (Lipinski definition) is 4. The standard InChI is InChI=1S/C18H18O4/c1-21-14-5-3-11(4-6-14)12-7-13-8-15(22-2)10-17(20)18(13)16(19)9-12/h3-6,8,10,12,20H,7,9H2,1-2H3/t12-/m0/s1. The van der Waals surface area contributed by atoms with Crippen LogP contribution in [-0.2, 0) is 6.42 Å². The zero-order valence-corrected chi connectivity index (χ0v) is 12.6. The van der Waals surface area contributed by atoms with E-state index < -0.39 is 0 Å². The Morgan fingerprint density at radius 2 is 1.68 bits per heavy atom. The number of phenols is 1. The molecule has 0 radical (unpaired) electrons. The van der Waals surface area contributed by atoms with Crippen molar-refractivity contribution in [3.63, 3.8) is 0 Å². The molecule has 4 heteroatoms. The summed E-state index contributed by atoms with van der Waals surface area (Å²) in [6.07, 6.45) is 1.11. The summed E-state index contributed by atoms with van der Waals surface area (Å²) in [5.74, 6) is 1.46. The second-order valence-electron chi connectivity index (χ2n) is 5.48. The minimum Gasteiger partial charge on any atom is -0.507 e. The molecule has 1 aliphatic carbocycles. The van der Waals surface area contributed by atoms with Crippen molar-refractivity contribution in [2.45, 2.75) is 18.8 Å². The number of carbonyl (C=O) groups excluding carboxylic acids is 1. The maximum Gasteiger partial charge on any atom is 0.167 e. The molecular formula is C18H18O4. The highest BCUT2D eigenvalue weighted by atomic mass is 16.5. The first-order valence-corrected chi connectivity index (χ1v) is 7.19. The number of hydrogen-bond donors (Lipinski definition) is 1. The third kappa shape index (κ3) is 2.52. The van der Waals surface area contributed by atoms with Gasteiger partial charge in [-0.3, -0.25) is 4.79 Å². The molecule has 0 bridgehead atoms. The van der Waals surface area contributed by atoms with Crippen LogP contribution >= 0.6 is 0 Å². The number of Topliss-reactive ketones (excluding diaryl/α,β-unsaturated/α-hetero) is 1. The number of carbonyl (C=O) groups is 1. The van der Waals surface area contributed by atoms with Gasteiger partial charge < -0.3 is 14.6 Å². The molecule has 1 atom stereocenters. The summed E-state index contributed by atoms with van der Waals surface area (Å²) in [6, 6.07) is 11.1. The molecule has 1 N–H and O–H groups in total. The lowest BCUT2D eigenvalue weighted by Crippen LogP contribution is -2.19. The molecule has 4 nitrogen and oxygen atoms in total. The Hall–Kier alpha value is -2.49. The molecule has 1 aliphatic rings. The predicted molar refractivity (Wildman–Crippen MR) is 83.0 cm³/mol. The van der Waals surface area contributed by atoms with Gasteiger partial charge in [0.25, 0.3) is 0 Å². The normalized spacial score (nSPS) is 17.0. The average Bonchev–Trinajstić information content (AvgIpc) is 2.54. The van der Waals surface area contributed by atoms with Crippen LogP contribution in [0.2, 0.25) is 0 Å². The Morgan fingerprint density at radius 1 is 1.00 bits per heavy atom. The number of phenolic OH excluding ortho intramolecular Hbond substituents is 1. The van der Waals surface area contributed by atoms with E-state index in [2.05, 4.69) is 0 Å². The molecule has 0 saturated heterocycles. The molecular weight excluding hydrogens is 280 g/mol. The van der Waals surface area contributed by atoms with Crippen LogP contribution in [0.1, 0.15) is 33.8 Å². The van der Waals surface area contributed by atoms with E-state index in [0.717, 1.165) is 16.9 Å². The molecule has 0 unspecified atom stereocenters. The lowest BCUT2D eigenvalue weighted by atomic mass is 9.79. The van der Waals surface area contributed by atoms with Crippen LogP contribution in [0.25, 0.3) is 0 Å². The Labute approximate surface area is 129 Å². The summed E-state index contributed by atoms with van der Waals surface area (Å²) in [5.41, 5.74) is 2.38. The second kappa shape index (κ2) is 5.72. The van der Waals surface area contributed by atoms with Crippen LogP contribution < -0.4 is 9.47 Å². The molecule has 0 aliphatic heterocycles. The fourth-order valence-electron chi connectivity index (χ4n) is 3.03. The topological polar surface area (TPSA) is 55.8 Å². The number of benzene rings is 2. The highest BCUT2D eigenvalue weighted by Gasteiger charge is 2.29. The molecule has 0 amide bonds. The van der Waals surface area contributed by atoms with Gasteiger partial charge in [0, 0.05) is 12.5 Å². The Balaban J connectivity index is 1.95. The Morgan fingerprint density at radius 3 is 2.32 bits per heavy atom. The van der Waals surface area contributed by atoms with Crippen molar-refractivity contribution in [3.05, 3.63) is 53.1 Å². The number of ketones is 1. The summed E-state index contributed by atoms with van der Waals surface area (Å²) in [4.78, 5) is 12.4. The van der Waals surface area contributed by atoms with Crippen LogP contribution in [0.15, 0.2) is 36.4 Å². The molecule has 0 fully saturated rings. The van der Waals surface area contributed by atoms with Crippen molar-refractivity contribution in [3.8, 4) is 17.2 Å². The van der Waals surface area contributed by atoms with Gasteiger partial charge in [-0.25, -0.2) is 0 Å². The van der Waals surface area contributed by atoms with E-state index in [-0.39, 0.29) is 17.5 Å². The zero-order valence-electron chi connectivity index (χ0n) is 12.6. The molecule has 22 heavy (non-hydrogen) atoms. The fraction of sp³-hybridized carbons (Fsp3) is 0.278. The van der Waals surface area contributed by atoms with Crippen molar-refractivity contribution >= 4 is 5.78 Å². The number of ether oxygens (including phenoxy) is 2. The lowest BCUT2D eigenvalue weighted by molar-refractivity contribution is 0.0961. The van der Waals surface area contributed by atoms with Gasteiger partial charge in [-0.15, -0.1) is 0 Å². The first-order chi connectivity index (χ1) is 10.6. The number of aromatic hydroxyl groups is 1. The fourth-order valence-corrected chi connectivity index (χ4v) is 3.03. The van der Waals surface area contributed by atoms with Gasteiger partial charge in [-0.05, 0) is 41.7 Å². The summed E-state index contributed by atoms with van der Waals surface area (Å²) < 4.78 is 10.3. The van der Waals surface area contributed by atoms with Crippen LogP contribution in [0.4, 0.5) is 0 Å². The third-order valence-corrected chi connectivity index (χ3v) is 4.17. The first kappa shape index (κ1) is 14.4. The summed E-state index contributed by atoms with van der Waals surface area (Å²) in [5, 5.41) is 10.0. The Bertz CT molecular complexity index is 704. The molecule has 3 rings (SSSR count). The van der Waals surface area contributed by atoms with E-state index in [4.69, 9.17) is 9.47 Å². The van der Waals surface area contributed by atoms with Crippen molar-refractivity contribution < 1.29 is 19.4 Å². The van der Waals surface area contributed by atoms with E-state index in [1.807, 2.05) is 30.3 Å². The van der Waals surface area contributed by atoms with Crippen LogP contribution in [-0.4, -0.2) is 25.1 Å². The largest absolute Gasteiger partial charge is 0.507 e. The molecule has 0 spiro atoms. The molecule has 2 aromatic carbocycles. The van der Waals surface area contributed by atoms with Gasteiger partial charge in [0.05, 0.1) is 19.8 Å². The maximum absolute atomic E-state index is 12.4. The number of rotatable bonds is 3. The number of fused-ring (bicyclic) bond motifs is 1. The first-order valence-electron chi connectivity index (χ1n) is 7.19. The molecule has 0 heterocycles. The minimum atomic E-state index is -0.0257. The van der Waals surface area contributed by atoms with Gasteiger partial charge in [-0.2, -0.15) is 0 Å². The van der Waals surface area contributed by atoms with Crippen LogP contribution in [0.5, 0.6) is 17.2 Å². The molecule has 2 aromatic rings. The quantitative estimate of drug-likeness (QED) is 0.944. The van der Waals surface area contributed by atoms with E-state index in [0.29, 0.717) is 24.2 Å². The summed E-state index contributed by atoms with van der Waals surface area (Å²) >= 11 is 0. The number of methoxy groups -OCH3 is 2. The Kier molecular flexibility index (Phi) is 3.75. The second-order valence-corrected chi connectivity index (χ2v) is 5.48. The van der Waals surface area contributed by atoms with Gasteiger partial charge in [0.15, 0.2) is 5.78 Å². The van der Waals surface area contributed by atoms with E-state index in [1.54, 1.807) is 14.2 Å². The maximum atomic E-state index is 12.4. The van der Waals surface area contributed by atoms with Crippen molar-refractivity contribution in [1.29, 1.82) is 0 Å². The van der Waals surface area contributed by atoms with Gasteiger partial charge in [0.1, 0.15) is 17.2 Å². The van der Waals surface area contributed by atoms with E-state index in [1.165, 1.54) is 6.07 Å². The third-order valence-electron chi connectivity index (χ3n) is 4.17. The molecule has 114 valence electrons. The average molecular weight is 298 g/mol. The van der Waals surface area contributed by atoms with Crippen molar-refractivity contribution in [2.75, 3.05) is 14.2 Å². The van der Waals surface area contributed by atoms with E-state index in [9.17, 15) is 9.90 Å². The van der Waals surface area contributed by atoms with Crippen molar-refractivity contribution in [1.82, 2.24) is 0 Å². The summed E-state index contributed by atoms with van der Waals surface area (Å²) in [7, 11) is 3.18. The summed E-state index contributed by atoms with van der Waals surface area (Å²) in [6.45, 7) is 0. The van der Waals surface area contributed by atoms with Gasteiger partial charge >= 0.3 is 0 Å². The molecule has 0 saturated carbocycles. The minimum absolute atomic E-state index is 0.00697. The highest BCUT2D eigenvalue weighted by molar-refractivity contribution is 6.01. The lowest BCUT2D eigenvalue weighted by Gasteiger charge is -2.25. The molecule has 0 aromatic heterocycles.